The number of unbranched alkanes of at least 4 members (excludes halogenated alkanes) is 2. The molecule has 1 aliphatic carbocycles. The van der Waals surface area contributed by atoms with Crippen LogP contribution in [0.4, 0.5) is 0 Å². The Hall–Kier alpha value is -1.12. The third-order valence-corrected chi connectivity index (χ3v) is 4.00. The van der Waals surface area contributed by atoms with Gasteiger partial charge in [0.1, 0.15) is 0 Å². The molecule has 0 saturated heterocycles. The van der Waals surface area contributed by atoms with E-state index < -0.39 is 0 Å². The van der Waals surface area contributed by atoms with Crippen LogP contribution in [0.2, 0.25) is 0 Å². The van der Waals surface area contributed by atoms with Gasteiger partial charge in [0, 0.05) is 13.0 Å². The van der Waals surface area contributed by atoms with E-state index in [9.17, 15) is 0 Å². The van der Waals surface area contributed by atoms with Gasteiger partial charge in [-0.3, -0.25) is 0 Å². The Morgan fingerprint density at radius 3 is 2.48 bits per heavy atom. The van der Waals surface area contributed by atoms with Gasteiger partial charge in [-0.1, -0.05) is 62.2 Å². The Labute approximate surface area is 129 Å². The number of rotatable bonds is 8. The van der Waals surface area contributed by atoms with Gasteiger partial charge in [-0.2, -0.15) is 0 Å². The predicted octanol–water partition coefficient (Wildman–Crippen LogP) is 4.84. The molecule has 0 fully saturated rings. The van der Waals surface area contributed by atoms with E-state index in [1.165, 1.54) is 18.4 Å². The van der Waals surface area contributed by atoms with Crippen molar-refractivity contribution >= 4 is 0 Å². The van der Waals surface area contributed by atoms with E-state index in [1.54, 1.807) is 0 Å². The first kappa shape index (κ1) is 16.3. The highest BCUT2D eigenvalue weighted by atomic mass is 16.5. The molecule has 0 aromatic heterocycles. The van der Waals surface area contributed by atoms with Crippen molar-refractivity contribution in [2.24, 2.45) is 0 Å². The lowest BCUT2D eigenvalue weighted by atomic mass is 9.98. The smallest absolute Gasteiger partial charge is 0.0883 e. The summed E-state index contributed by atoms with van der Waals surface area (Å²) in [6, 6.07) is 10.4. The van der Waals surface area contributed by atoms with Crippen LogP contribution in [-0.2, 0) is 15.1 Å². The van der Waals surface area contributed by atoms with Crippen molar-refractivity contribution in [3.05, 3.63) is 48.0 Å². The van der Waals surface area contributed by atoms with E-state index in [-0.39, 0.29) is 17.8 Å². The molecule has 2 atom stereocenters. The summed E-state index contributed by atoms with van der Waals surface area (Å²) in [6.07, 6.45) is 9.24. The second-order valence-corrected chi connectivity index (χ2v) is 6.27. The van der Waals surface area contributed by atoms with Crippen LogP contribution in [0.15, 0.2) is 42.5 Å². The van der Waals surface area contributed by atoms with Crippen LogP contribution in [0.1, 0.15) is 52.0 Å². The van der Waals surface area contributed by atoms with Crippen LogP contribution in [0, 0.1) is 0 Å². The number of hydrogen-bond acceptors (Lipinski definition) is 2. The summed E-state index contributed by atoms with van der Waals surface area (Å²) >= 11 is 0. The van der Waals surface area contributed by atoms with E-state index in [0.29, 0.717) is 0 Å². The number of benzene rings is 1. The van der Waals surface area contributed by atoms with Crippen molar-refractivity contribution in [2.75, 3.05) is 6.61 Å². The molecule has 116 valence electrons. The molecule has 0 N–H and O–H groups in total. The van der Waals surface area contributed by atoms with E-state index in [0.717, 1.165) is 19.4 Å². The molecule has 2 nitrogen and oxygen atoms in total. The third kappa shape index (κ3) is 4.98. The fraction of sp³-hybridized carbons (Fsp3) is 0.579. The van der Waals surface area contributed by atoms with Gasteiger partial charge in [0.2, 0.25) is 0 Å². The molecule has 1 aliphatic rings. The SMILES string of the molecule is CCCCCO[C@@H]1C=C[C@H](OC(C)(C)c2ccccc2)C1. The molecule has 0 spiro atoms. The van der Waals surface area contributed by atoms with Crippen LogP contribution in [0.5, 0.6) is 0 Å². The van der Waals surface area contributed by atoms with Gasteiger partial charge in [0.25, 0.3) is 0 Å². The average Bonchev–Trinajstić information content (AvgIpc) is 2.91. The second kappa shape index (κ2) is 7.77. The monoisotopic (exact) mass is 288 g/mol. The quantitative estimate of drug-likeness (QED) is 0.503. The molecule has 0 amide bonds. The molecule has 0 heterocycles. The summed E-state index contributed by atoms with van der Waals surface area (Å²) in [4.78, 5) is 0. The maximum atomic E-state index is 6.28. The Balaban J connectivity index is 1.79. The summed E-state index contributed by atoms with van der Waals surface area (Å²) < 4.78 is 12.2. The standard InChI is InChI=1S/C19H28O2/c1-4-5-9-14-20-17-12-13-18(15-17)21-19(2,3)16-10-7-6-8-11-16/h6-8,10-13,17-18H,4-5,9,14-15H2,1-3H3/t17-,18+/m1/s1. The van der Waals surface area contributed by atoms with Gasteiger partial charge >= 0.3 is 0 Å². The van der Waals surface area contributed by atoms with Crippen LogP contribution in [0.3, 0.4) is 0 Å². The Morgan fingerprint density at radius 1 is 1.05 bits per heavy atom. The van der Waals surface area contributed by atoms with Gasteiger partial charge in [-0.25, -0.2) is 0 Å². The van der Waals surface area contributed by atoms with Crippen LogP contribution < -0.4 is 0 Å². The zero-order valence-corrected chi connectivity index (χ0v) is 13.5. The predicted molar refractivity (Wildman–Crippen MR) is 87.4 cm³/mol. The maximum absolute atomic E-state index is 6.28. The van der Waals surface area contributed by atoms with Crippen LogP contribution in [-0.4, -0.2) is 18.8 Å². The lowest BCUT2D eigenvalue weighted by Gasteiger charge is -2.29. The molecule has 2 rings (SSSR count). The molecule has 1 aromatic rings. The summed E-state index contributed by atoms with van der Waals surface area (Å²) in [5, 5.41) is 0. The van der Waals surface area contributed by atoms with Crippen LogP contribution >= 0.6 is 0 Å². The summed E-state index contributed by atoms with van der Waals surface area (Å²) in [5.74, 6) is 0. The van der Waals surface area contributed by atoms with E-state index in [4.69, 9.17) is 9.47 Å². The lowest BCUT2D eigenvalue weighted by Crippen LogP contribution is -2.27. The molecule has 1 aromatic carbocycles. The maximum Gasteiger partial charge on any atom is 0.0883 e. The first-order valence-corrected chi connectivity index (χ1v) is 8.15. The van der Waals surface area contributed by atoms with E-state index in [1.807, 2.05) is 6.07 Å². The van der Waals surface area contributed by atoms with E-state index in [2.05, 4.69) is 57.2 Å². The van der Waals surface area contributed by atoms with Gasteiger partial charge in [-0.05, 0) is 25.8 Å². The third-order valence-electron chi connectivity index (χ3n) is 4.00. The fourth-order valence-corrected chi connectivity index (χ4v) is 2.72. The molecule has 0 bridgehead atoms. The molecule has 2 heteroatoms. The first-order chi connectivity index (χ1) is 10.1. The van der Waals surface area contributed by atoms with Gasteiger partial charge in [0.05, 0.1) is 17.8 Å². The Bertz CT molecular complexity index is 436. The highest BCUT2D eigenvalue weighted by molar-refractivity contribution is 5.21. The Kier molecular flexibility index (Phi) is 6.01. The summed E-state index contributed by atoms with van der Waals surface area (Å²) in [7, 11) is 0. The lowest BCUT2D eigenvalue weighted by molar-refractivity contribution is -0.0665. The second-order valence-electron chi connectivity index (χ2n) is 6.27. The summed E-state index contributed by atoms with van der Waals surface area (Å²) in [5.41, 5.74) is 0.943. The molecule has 0 unspecified atom stereocenters. The molecular formula is C19H28O2. The molecule has 0 saturated carbocycles. The van der Waals surface area contributed by atoms with Crippen molar-refractivity contribution in [2.45, 2.75) is 64.3 Å². The van der Waals surface area contributed by atoms with Gasteiger partial charge in [-0.15, -0.1) is 0 Å². The summed E-state index contributed by atoms with van der Waals surface area (Å²) in [6.45, 7) is 7.33. The highest BCUT2D eigenvalue weighted by Gasteiger charge is 2.28. The first-order valence-electron chi connectivity index (χ1n) is 8.15. The van der Waals surface area contributed by atoms with Gasteiger partial charge < -0.3 is 9.47 Å². The van der Waals surface area contributed by atoms with E-state index >= 15 is 0 Å². The topological polar surface area (TPSA) is 18.5 Å². The molecule has 21 heavy (non-hydrogen) atoms. The minimum absolute atomic E-state index is 0.149. The fourth-order valence-electron chi connectivity index (χ4n) is 2.72. The minimum atomic E-state index is -0.270. The zero-order valence-electron chi connectivity index (χ0n) is 13.5. The van der Waals surface area contributed by atoms with Crippen LogP contribution in [0.25, 0.3) is 0 Å². The Morgan fingerprint density at radius 2 is 1.76 bits per heavy atom. The van der Waals surface area contributed by atoms with Crippen molar-refractivity contribution in [3.63, 3.8) is 0 Å². The van der Waals surface area contributed by atoms with Crippen molar-refractivity contribution in [3.8, 4) is 0 Å². The largest absolute Gasteiger partial charge is 0.374 e. The van der Waals surface area contributed by atoms with Crippen molar-refractivity contribution < 1.29 is 9.47 Å². The average molecular weight is 288 g/mol. The zero-order chi connectivity index (χ0) is 15.1. The van der Waals surface area contributed by atoms with Gasteiger partial charge in [0.15, 0.2) is 0 Å². The number of ether oxygens (including phenoxy) is 2. The molecular weight excluding hydrogens is 260 g/mol. The highest BCUT2D eigenvalue weighted by Crippen LogP contribution is 2.30. The van der Waals surface area contributed by atoms with Crippen molar-refractivity contribution in [1.82, 2.24) is 0 Å². The molecule has 0 aliphatic heterocycles. The molecule has 0 radical (unpaired) electrons. The van der Waals surface area contributed by atoms with Crippen molar-refractivity contribution in [1.29, 1.82) is 0 Å². The number of hydrogen-bond donors (Lipinski definition) is 0. The normalized spacial score (nSPS) is 21.9. The minimum Gasteiger partial charge on any atom is -0.374 e.